The number of benzene rings is 1. The van der Waals surface area contributed by atoms with E-state index in [2.05, 4.69) is 5.32 Å². The van der Waals surface area contributed by atoms with Crippen molar-refractivity contribution in [3.63, 3.8) is 0 Å². The highest BCUT2D eigenvalue weighted by molar-refractivity contribution is 6.67. The number of esters is 3. The van der Waals surface area contributed by atoms with Crippen molar-refractivity contribution in [1.29, 1.82) is 0 Å². The summed E-state index contributed by atoms with van der Waals surface area (Å²) in [6.45, 7) is 2.40. The molecular weight excluding hydrogens is 561 g/mol. The number of carbonyl (C=O) groups excluding carboxylic acids is 4. The lowest BCUT2D eigenvalue weighted by molar-refractivity contribution is -0.256. The second-order valence-electron chi connectivity index (χ2n) is 7.65. The average Bonchev–Trinajstić information content (AvgIpc) is 2.79. The van der Waals surface area contributed by atoms with Gasteiger partial charge < -0.3 is 38.5 Å². The molecule has 1 aliphatic heterocycles. The van der Waals surface area contributed by atoms with Gasteiger partial charge in [0.1, 0.15) is 36.9 Å². The number of ether oxygens (including phenoxy) is 7. The SMILES string of the molecule is COc1ccc(O[C@@H]2O[C@H](COC(C)=O)[C@@H](OC(C)=O)[C@H](OC(C)=O)[C@H]2NC(=O)OCC(Cl)(Cl)Cl)cc1. The molecule has 37 heavy (non-hydrogen) atoms. The highest BCUT2D eigenvalue weighted by atomic mass is 35.6. The van der Waals surface area contributed by atoms with E-state index in [1.165, 1.54) is 14.0 Å². The maximum Gasteiger partial charge on any atom is 0.407 e. The molecule has 15 heteroatoms. The molecule has 1 aromatic rings. The number of hydrogen-bond donors (Lipinski definition) is 1. The zero-order valence-electron chi connectivity index (χ0n) is 20.2. The lowest BCUT2D eigenvalue weighted by atomic mass is 9.96. The summed E-state index contributed by atoms with van der Waals surface area (Å²) >= 11 is 16.9. The van der Waals surface area contributed by atoms with Crippen molar-refractivity contribution in [3.8, 4) is 11.5 Å². The van der Waals surface area contributed by atoms with Crippen LogP contribution in [0.15, 0.2) is 24.3 Å². The third kappa shape index (κ3) is 10.3. The quantitative estimate of drug-likeness (QED) is 0.259. The van der Waals surface area contributed by atoms with Crippen molar-refractivity contribution in [3.05, 3.63) is 24.3 Å². The van der Waals surface area contributed by atoms with Gasteiger partial charge in [-0.15, -0.1) is 0 Å². The summed E-state index contributed by atoms with van der Waals surface area (Å²) in [4.78, 5) is 47.9. The number of hydrogen-bond acceptors (Lipinski definition) is 11. The molecule has 1 aromatic carbocycles. The molecule has 0 radical (unpaired) electrons. The van der Waals surface area contributed by atoms with Gasteiger partial charge in [-0.05, 0) is 24.3 Å². The molecule has 2 rings (SSSR count). The van der Waals surface area contributed by atoms with Gasteiger partial charge in [0.15, 0.2) is 12.2 Å². The Morgan fingerprint density at radius 1 is 0.892 bits per heavy atom. The molecule has 0 saturated carbocycles. The van der Waals surface area contributed by atoms with E-state index in [1.54, 1.807) is 24.3 Å². The third-order valence-corrected chi connectivity index (χ3v) is 4.99. The number of methoxy groups -OCH3 is 1. The van der Waals surface area contributed by atoms with Gasteiger partial charge in [-0.25, -0.2) is 4.79 Å². The Bertz CT molecular complexity index is 954. The van der Waals surface area contributed by atoms with Crippen LogP contribution < -0.4 is 14.8 Å². The summed E-state index contributed by atoms with van der Waals surface area (Å²) in [6.07, 6.45) is -6.31. The minimum Gasteiger partial charge on any atom is -0.497 e. The third-order valence-electron chi connectivity index (χ3n) is 4.66. The normalized spacial score (nSPS) is 23.3. The van der Waals surface area contributed by atoms with Gasteiger partial charge in [-0.3, -0.25) is 14.4 Å². The molecule has 1 saturated heterocycles. The molecule has 0 bridgehead atoms. The van der Waals surface area contributed by atoms with Crippen molar-refractivity contribution in [2.45, 2.75) is 55.2 Å². The summed E-state index contributed by atoms with van der Waals surface area (Å²) in [5.41, 5.74) is 0. The van der Waals surface area contributed by atoms with E-state index < -0.39 is 71.7 Å². The topological polar surface area (TPSA) is 145 Å². The molecule has 0 unspecified atom stereocenters. The predicted octanol–water partition coefficient (Wildman–Crippen LogP) is 2.69. The Kier molecular flexibility index (Phi) is 11.4. The van der Waals surface area contributed by atoms with Gasteiger partial charge in [0, 0.05) is 20.8 Å². The number of alkyl halides is 3. The molecule has 5 atom stereocenters. The molecule has 1 fully saturated rings. The van der Waals surface area contributed by atoms with Crippen molar-refractivity contribution in [2.24, 2.45) is 0 Å². The van der Waals surface area contributed by atoms with Crippen LogP contribution in [0.1, 0.15) is 20.8 Å². The second kappa shape index (κ2) is 13.8. The minimum atomic E-state index is -1.90. The Hall–Kier alpha value is -2.67. The zero-order chi connectivity index (χ0) is 27.8. The molecule has 0 aliphatic carbocycles. The summed E-state index contributed by atoms with van der Waals surface area (Å²) in [7, 11) is 1.49. The van der Waals surface area contributed by atoms with E-state index in [4.69, 9.17) is 68.0 Å². The number of carbonyl (C=O) groups is 4. The number of amides is 1. The van der Waals surface area contributed by atoms with Crippen LogP contribution in [-0.2, 0) is 38.1 Å². The number of alkyl carbamates (subject to hydrolysis) is 1. The van der Waals surface area contributed by atoms with E-state index >= 15 is 0 Å². The summed E-state index contributed by atoms with van der Waals surface area (Å²) < 4.78 is 35.8. The van der Waals surface area contributed by atoms with Crippen LogP contribution in [0.3, 0.4) is 0 Å². The fourth-order valence-electron chi connectivity index (χ4n) is 3.27. The molecular formula is C22H26Cl3NO11. The first-order chi connectivity index (χ1) is 17.3. The predicted molar refractivity (Wildman–Crippen MR) is 129 cm³/mol. The molecule has 206 valence electrons. The van der Waals surface area contributed by atoms with Crippen LogP contribution in [0.4, 0.5) is 4.79 Å². The van der Waals surface area contributed by atoms with Crippen molar-refractivity contribution in [1.82, 2.24) is 5.32 Å². The van der Waals surface area contributed by atoms with Gasteiger partial charge in [-0.1, -0.05) is 34.8 Å². The minimum absolute atomic E-state index is 0.269. The molecule has 1 heterocycles. The fourth-order valence-corrected chi connectivity index (χ4v) is 3.43. The molecule has 1 aliphatic rings. The fraction of sp³-hybridized carbons (Fsp3) is 0.545. The maximum atomic E-state index is 12.5. The maximum absolute atomic E-state index is 12.5. The largest absolute Gasteiger partial charge is 0.497 e. The summed E-state index contributed by atoms with van der Waals surface area (Å²) in [5, 5.41) is 2.44. The van der Waals surface area contributed by atoms with Gasteiger partial charge in [0.05, 0.1) is 7.11 Å². The highest BCUT2D eigenvalue weighted by Gasteiger charge is 2.52. The highest BCUT2D eigenvalue weighted by Crippen LogP contribution is 2.30. The smallest absolute Gasteiger partial charge is 0.407 e. The van der Waals surface area contributed by atoms with Crippen LogP contribution in [0.2, 0.25) is 0 Å². The van der Waals surface area contributed by atoms with E-state index in [9.17, 15) is 19.2 Å². The summed E-state index contributed by atoms with van der Waals surface area (Å²) in [5.74, 6) is -1.36. The van der Waals surface area contributed by atoms with Crippen LogP contribution in [-0.4, -0.2) is 78.8 Å². The molecule has 0 spiro atoms. The molecule has 0 aromatic heterocycles. The molecule has 1 amide bonds. The van der Waals surface area contributed by atoms with Crippen LogP contribution in [0.25, 0.3) is 0 Å². The first-order valence-electron chi connectivity index (χ1n) is 10.7. The first kappa shape index (κ1) is 30.6. The van der Waals surface area contributed by atoms with Gasteiger partial charge in [0.25, 0.3) is 0 Å². The van der Waals surface area contributed by atoms with Crippen molar-refractivity contribution >= 4 is 58.8 Å². The van der Waals surface area contributed by atoms with E-state index in [0.717, 1.165) is 13.8 Å². The summed E-state index contributed by atoms with van der Waals surface area (Å²) in [6, 6.07) is 5.02. The van der Waals surface area contributed by atoms with E-state index in [1.807, 2.05) is 0 Å². The van der Waals surface area contributed by atoms with Crippen molar-refractivity contribution < 1.29 is 52.3 Å². The Morgan fingerprint density at radius 3 is 1.97 bits per heavy atom. The monoisotopic (exact) mass is 585 g/mol. The van der Waals surface area contributed by atoms with Crippen molar-refractivity contribution in [2.75, 3.05) is 20.3 Å². The standard InChI is InChI=1S/C22H26Cl3NO11/c1-11(27)32-9-16-18(34-12(2)28)19(35-13(3)29)17(26-21(30)33-10-22(23,24)25)20(37-16)36-15-7-5-14(31-4)6-8-15/h5-8,16-20H,9-10H2,1-4H3,(H,26,30)/t16-,17-,18-,19-,20-/m1/s1. The zero-order valence-corrected chi connectivity index (χ0v) is 22.5. The lowest BCUT2D eigenvalue weighted by Crippen LogP contribution is -2.67. The Labute approximate surface area is 227 Å². The average molecular weight is 587 g/mol. The van der Waals surface area contributed by atoms with E-state index in [-0.39, 0.29) is 5.75 Å². The van der Waals surface area contributed by atoms with Crippen LogP contribution in [0, 0.1) is 0 Å². The first-order valence-corrected chi connectivity index (χ1v) is 11.9. The van der Waals surface area contributed by atoms with Crippen LogP contribution in [0.5, 0.6) is 11.5 Å². The van der Waals surface area contributed by atoms with Gasteiger partial charge >= 0.3 is 24.0 Å². The number of rotatable bonds is 9. The number of nitrogens with one attached hydrogen (secondary N) is 1. The van der Waals surface area contributed by atoms with Crippen LogP contribution >= 0.6 is 34.8 Å². The van der Waals surface area contributed by atoms with Gasteiger partial charge in [-0.2, -0.15) is 0 Å². The van der Waals surface area contributed by atoms with Gasteiger partial charge in [0.2, 0.25) is 10.1 Å². The molecule has 1 N–H and O–H groups in total. The lowest BCUT2D eigenvalue weighted by Gasteiger charge is -2.44. The Morgan fingerprint density at radius 2 is 1.46 bits per heavy atom. The van der Waals surface area contributed by atoms with E-state index in [0.29, 0.717) is 5.75 Å². The molecule has 12 nitrogen and oxygen atoms in total. The second-order valence-corrected chi connectivity index (χ2v) is 10.2. The Balaban J connectivity index is 2.44. The number of halogens is 3.